The summed E-state index contributed by atoms with van der Waals surface area (Å²) in [6.45, 7) is 0.206. The Morgan fingerprint density at radius 3 is 3.08 bits per heavy atom. The lowest BCUT2D eigenvalue weighted by Crippen LogP contribution is -2.35. The second-order valence-electron chi connectivity index (χ2n) is 3.06. The lowest BCUT2D eigenvalue weighted by atomic mass is 9.99. The maximum absolute atomic E-state index is 9.42. The molecule has 4 heteroatoms. The Kier molecular flexibility index (Phi) is 2.15. The predicted molar refractivity (Wildman–Crippen MR) is 49.9 cm³/mol. The van der Waals surface area contributed by atoms with Gasteiger partial charge in [0.15, 0.2) is 0 Å². The molecule has 0 amide bonds. The van der Waals surface area contributed by atoms with Crippen molar-refractivity contribution in [3.8, 4) is 5.75 Å². The van der Waals surface area contributed by atoms with Crippen LogP contribution in [-0.4, -0.2) is 17.8 Å². The molecule has 13 heavy (non-hydrogen) atoms. The quantitative estimate of drug-likeness (QED) is 0.658. The van der Waals surface area contributed by atoms with Crippen molar-refractivity contribution < 1.29 is 9.84 Å². The molecular weight excluding hydrogens is 190 g/mol. The third-order valence-corrected chi connectivity index (χ3v) is 2.47. The van der Waals surface area contributed by atoms with Gasteiger partial charge in [-0.15, -0.1) is 0 Å². The first-order valence-corrected chi connectivity index (χ1v) is 4.43. The molecule has 1 aromatic rings. The summed E-state index contributed by atoms with van der Waals surface area (Å²) in [5, 5.41) is 9.96. The van der Waals surface area contributed by atoms with Gasteiger partial charge in [-0.05, 0) is 6.07 Å². The number of aliphatic hydroxyl groups is 1. The van der Waals surface area contributed by atoms with E-state index in [1.165, 1.54) is 0 Å². The topological polar surface area (TPSA) is 55.5 Å². The largest absolute Gasteiger partial charge is 0.489 e. The maximum Gasteiger partial charge on any atom is 0.142 e. The molecule has 3 N–H and O–H groups in total. The van der Waals surface area contributed by atoms with Crippen molar-refractivity contribution in [3.05, 3.63) is 28.8 Å². The van der Waals surface area contributed by atoms with Crippen LogP contribution >= 0.6 is 11.6 Å². The molecule has 0 aromatic heterocycles. The van der Waals surface area contributed by atoms with Crippen molar-refractivity contribution in [3.63, 3.8) is 0 Å². The molecule has 0 radical (unpaired) electrons. The molecular formula is C9H10ClNO2. The third kappa shape index (κ3) is 1.39. The molecule has 2 atom stereocenters. The Balaban J connectivity index is 2.49. The van der Waals surface area contributed by atoms with Crippen LogP contribution in [0.1, 0.15) is 11.6 Å². The Labute approximate surface area is 81.1 Å². The fraction of sp³-hybridized carbons (Fsp3) is 0.333. The van der Waals surface area contributed by atoms with E-state index < -0.39 is 12.1 Å². The molecule has 0 saturated heterocycles. The molecule has 0 saturated carbocycles. The summed E-state index contributed by atoms with van der Waals surface area (Å²) < 4.78 is 5.27. The third-order valence-electron chi connectivity index (χ3n) is 2.17. The van der Waals surface area contributed by atoms with Gasteiger partial charge in [-0.2, -0.15) is 0 Å². The Bertz CT molecular complexity index is 329. The molecule has 3 nitrogen and oxygen atoms in total. The fourth-order valence-corrected chi connectivity index (χ4v) is 1.66. The number of para-hydroxylation sites is 1. The van der Waals surface area contributed by atoms with Gasteiger partial charge in [0.25, 0.3) is 0 Å². The minimum absolute atomic E-state index is 0.206. The highest BCUT2D eigenvalue weighted by molar-refractivity contribution is 6.32. The second-order valence-corrected chi connectivity index (χ2v) is 3.47. The van der Waals surface area contributed by atoms with Crippen LogP contribution in [0.3, 0.4) is 0 Å². The number of rotatable bonds is 0. The van der Waals surface area contributed by atoms with Gasteiger partial charge in [-0.25, -0.2) is 0 Å². The number of nitrogens with two attached hydrogens (primary N) is 1. The molecule has 0 fully saturated rings. The zero-order valence-electron chi connectivity index (χ0n) is 6.90. The van der Waals surface area contributed by atoms with Crippen LogP contribution in [0.25, 0.3) is 0 Å². The lowest BCUT2D eigenvalue weighted by Gasteiger charge is -2.28. The number of fused-ring (bicyclic) bond motifs is 1. The second kappa shape index (κ2) is 3.18. The SMILES string of the molecule is N[C@H]1c2cccc(Cl)c2OC[C@H]1O. The number of hydrogen-bond donors (Lipinski definition) is 2. The van der Waals surface area contributed by atoms with Gasteiger partial charge >= 0.3 is 0 Å². The molecule has 0 bridgehead atoms. The molecule has 0 spiro atoms. The zero-order chi connectivity index (χ0) is 9.42. The molecule has 1 aliphatic heterocycles. The van der Waals surface area contributed by atoms with Gasteiger partial charge in [0.2, 0.25) is 0 Å². The van der Waals surface area contributed by atoms with E-state index in [9.17, 15) is 5.11 Å². The molecule has 1 aromatic carbocycles. The van der Waals surface area contributed by atoms with Crippen LogP contribution in [0, 0.1) is 0 Å². The standard InChI is InChI=1S/C9H10ClNO2/c10-6-3-1-2-5-8(11)7(12)4-13-9(5)6/h1-3,7-8,12H,4,11H2/t7-,8+/m1/s1. The summed E-state index contributed by atoms with van der Waals surface area (Å²) in [5.41, 5.74) is 6.54. The van der Waals surface area contributed by atoms with E-state index in [4.69, 9.17) is 22.1 Å². The average Bonchev–Trinajstić information content (AvgIpc) is 2.12. The summed E-state index contributed by atoms with van der Waals surface area (Å²) in [4.78, 5) is 0. The van der Waals surface area contributed by atoms with Gasteiger partial charge in [-0.3, -0.25) is 0 Å². The highest BCUT2D eigenvalue weighted by atomic mass is 35.5. The number of hydrogen-bond acceptors (Lipinski definition) is 3. The van der Waals surface area contributed by atoms with Crippen LogP contribution in [0.4, 0.5) is 0 Å². The maximum atomic E-state index is 9.42. The van der Waals surface area contributed by atoms with Crippen molar-refractivity contribution in [1.29, 1.82) is 0 Å². The smallest absolute Gasteiger partial charge is 0.142 e. The van der Waals surface area contributed by atoms with E-state index in [1.807, 2.05) is 6.07 Å². The first-order chi connectivity index (χ1) is 6.20. The molecule has 1 aliphatic rings. The van der Waals surface area contributed by atoms with E-state index in [1.54, 1.807) is 12.1 Å². The number of aliphatic hydroxyl groups excluding tert-OH is 1. The van der Waals surface area contributed by atoms with E-state index in [-0.39, 0.29) is 6.61 Å². The number of halogens is 1. The monoisotopic (exact) mass is 199 g/mol. The Morgan fingerprint density at radius 2 is 2.31 bits per heavy atom. The highest BCUT2D eigenvalue weighted by Gasteiger charge is 2.27. The van der Waals surface area contributed by atoms with Gasteiger partial charge in [0, 0.05) is 5.56 Å². The molecule has 70 valence electrons. The lowest BCUT2D eigenvalue weighted by molar-refractivity contribution is 0.0679. The van der Waals surface area contributed by atoms with Gasteiger partial charge in [0.05, 0.1) is 11.1 Å². The Hall–Kier alpha value is -0.770. The van der Waals surface area contributed by atoms with Crippen molar-refractivity contribution in [2.45, 2.75) is 12.1 Å². The summed E-state index contributed by atoms with van der Waals surface area (Å²) in [7, 11) is 0. The molecule has 2 rings (SSSR count). The van der Waals surface area contributed by atoms with Crippen molar-refractivity contribution in [2.75, 3.05) is 6.61 Å². The average molecular weight is 200 g/mol. The minimum Gasteiger partial charge on any atom is -0.489 e. The first-order valence-electron chi connectivity index (χ1n) is 4.05. The molecule has 1 heterocycles. The van der Waals surface area contributed by atoms with Gasteiger partial charge in [0.1, 0.15) is 18.5 Å². The van der Waals surface area contributed by atoms with Gasteiger partial charge < -0.3 is 15.6 Å². The van der Waals surface area contributed by atoms with Crippen LogP contribution < -0.4 is 10.5 Å². The first kappa shape index (κ1) is 8.81. The van der Waals surface area contributed by atoms with Crippen LogP contribution in [0.5, 0.6) is 5.75 Å². The minimum atomic E-state index is -0.647. The Morgan fingerprint density at radius 1 is 1.54 bits per heavy atom. The van der Waals surface area contributed by atoms with Crippen LogP contribution in [-0.2, 0) is 0 Å². The van der Waals surface area contributed by atoms with E-state index in [2.05, 4.69) is 0 Å². The van der Waals surface area contributed by atoms with E-state index >= 15 is 0 Å². The van der Waals surface area contributed by atoms with E-state index in [0.29, 0.717) is 10.8 Å². The van der Waals surface area contributed by atoms with Crippen molar-refractivity contribution >= 4 is 11.6 Å². The number of ether oxygens (including phenoxy) is 1. The van der Waals surface area contributed by atoms with Gasteiger partial charge in [-0.1, -0.05) is 23.7 Å². The summed E-state index contributed by atoms with van der Waals surface area (Å²) in [6.07, 6.45) is -0.647. The molecule has 0 aliphatic carbocycles. The van der Waals surface area contributed by atoms with E-state index in [0.717, 1.165) is 5.56 Å². The highest BCUT2D eigenvalue weighted by Crippen LogP contribution is 2.36. The fourth-order valence-electron chi connectivity index (χ4n) is 1.42. The normalized spacial score (nSPS) is 26.4. The predicted octanol–water partition coefficient (Wildman–Crippen LogP) is 1.09. The van der Waals surface area contributed by atoms with Crippen LogP contribution in [0.2, 0.25) is 5.02 Å². The summed E-state index contributed by atoms with van der Waals surface area (Å²) in [5.74, 6) is 0.599. The van der Waals surface area contributed by atoms with Crippen molar-refractivity contribution in [1.82, 2.24) is 0 Å². The number of benzene rings is 1. The zero-order valence-corrected chi connectivity index (χ0v) is 7.66. The summed E-state index contributed by atoms with van der Waals surface area (Å²) >= 11 is 5.89. The molecule has 0 unspecified atom stereocenters. The van der Waals surface area contributed by atoms with Crippen LogP contribution in [0.15, 0.2) is 18.2 Å². The van der Waals surface area contributed by atoms with Crippen molar-refractivity contribution in [2.24, 2.45) is 5.73 Å². The summed E-state index contributed by atoms with van der Waals surface area (Å²) in [6, 6.07) is 4.95.